The molecule has 0 atom stereocenters. The van der Waals surface area contributed by atoms with Gasteiger partial charge in [0.25, 0.3) is 0 Å². The zero-order valence-electron chi connectivity index (χ0n) is 23.2. The highest BCUT2D eigenvalue weighted by Gasteiger charge is 2.20. The summed E-state index contributed by atoms with van der Waals surface area (Å²) in [5.74, 6) is 1.94. The van der Waals surface area contributed by atoms with Gasteiger partial charge in [-0.2, -0.15) is 0 Å². The number of carbonyl (C=O) groups is 1. The number of anilines is 2. The van der Waals surface area contributed by atoms with Crippen LogP contribution in [-0.2, 0) is 10.2 Å². The fourth-order valence-corrected chi connectivity index (χ4v) is 5.55. The van der Waals surface area contributed by atoms with Gasteiger partial charge in [0.15, 0.2) is 10.8 Å². The van der Waals surface area contributed by atoms with Crippen LogP contribution in [0.15, 0.2) is 59.3 Å². The van der Waals surface area contributed by atoms with Crippen LogP contribution in [0.5, 0.6) is 5.75 Å². The van der Waals surface area contributed by atoms with Gasteiger partial charge in [-0.05, 0) is 30.3 Å². The number of fused-ring (bicyclic) bond motifs is 3. The summed E-state index contributed by atoms with van der Waals surface area (Å²) in [6.45, 7) is 11.1. The number of urea groups is 1. The minimum absolute atomic E-state index is 0. The van der Waals surface area contributed by atoms with Crippen LogP contribution in [0, 0.1) is 0 Å². The number of amides is 2. The van der Waals surface area contributed by atoms with Crippen molar-refractivity contribution in [3.05, 3.63) is 60.5 Å². The average Bonchev–Trinajstić information content (AvgIpc) is 3.64. The zero-order valence-corrected chi connectivity index (χ0v) is 24.8. The molecule has 3 aromatic heterocycles. The first kappa shape index (κ1) is 28.9. The molecule has 0 aliphatic carbocycles. The van der Waals surface area contributed by atoms with E-state index in [1.807, 2.05) is 57.3 Å². The Kier molecular flexibility index (Phi) is 8.50. The average molecular weight is 597 g/mol. The topological polar surface area (TPSA) is 106 Å². The third-order valence-corrected chi connectivity index (χ3v) is 7.79. The molecule has 1 saturated heterocycles. The van der Waals surface area contributed by atoms with E-state index >= 15 is 0 Å². The lowest BCUT2D eigenvalue weighted by Gasteiger charge is -2.26. The van der Waals surface area contributed by atoms with Crippen LogP contribution in [-0.4, -0.2) is 64.9 Å². The van der Waals surface area contributed by atoms with Crippen LogP contribution < -0.4 is 15.4 Å². The summed E-state index contributed by atoms with van der Waals surface area (Å²) in [5, 5.41) is 9.45. The summed E-state index contributed by atoms with van der Waals surface area (Å²) in [6, 6.07) is 15.1. The van der Waals surface area contributed by atoms with Crippen LogP contribution in [0.4, 0.5) is 16.3 Å². The Bertz CT molecular complexity index is 1630. The molecule has 10 nitrogen and oxygen atoms in total. The van der Waals surface area contributed by atoms with Gasteiger partial charge in [-0.1, -0.05) is 49.4 Å². The van der Waals surface area contributed by atoms with Crippen molar-refractivity contribution in [2.75, 3.05) is 50.1 Å². The molecule has 0 spiro atoms. The number of nitrogens with one attached hydrogen (secondary N) is 2. The van der Waals surface area contributed by atoms with Crippen LogP contribution in [0.25, 0.3) is 26.4 Å². The first-order valence-electron chi connectivity index (χ1n) is 13.3. The number of imidazole rings is 1. The Hall–Kier alpha value is -3.64. The van der Waals surface area contributed by atoms with Crippen molar-refractivity contribution in [2.45, 2.75) is 26.2 Å². The van der Waals surface area contributed by atoms with Crippen molar-refractivity contribution >= 4 is 56.5 Å². The number of benzene rings is 2. The highest BCUT2D eigenvalue weighted by atomic mass is 35.5. The minimum atomic E-state index is -0.389. The largest absolute Gasteiger partial charge is 0.492 e. The van der Waals surface area contributed by atoms with E-state index in [1.165, 1.54) is 0 Å². The molecule has 0 radical (unpaired) electrons. The number of ether oxygens (including phenoxy) is 2. The highest BCUT2D eigenvalue weighted by molar-refractivity contribution is 7.23. The molecule has 6 rings (SSSR count). The van der Waals surface area contributed by atoms with E-state index in [2.05, 4.69) is 37.2 Å². The van der Waals surface area contributed by atoms with Crippen molar-refractivity contribution in [3.63, 3.8) is 0 Å². The fourth-order valence-electron chi connectivity index (χ4n) is 4.52. The molecule has 4 heterocycles. The van der Waals surface area contributed by atoms with E-state index in [1.54, 1.807) is 17.4 Å². The van der Waals surface area contributed by atoms with E-state index in [0.717, 1.165) is 65.0 Å². The summed E-state index contributed by atoms with van der Waals surface area (Å²) < 4.78 is 20.0. The Balaban J connectivity index is 0.00000337. The summed E-state index contributed by atoms with van der Waals surface area (Å²) in [7, 11) is 0. The number of nitrogens with zero attached hydrogens (tertiary/aromatic N) is 4. The van der Waals surface area contributed by atoms with Crippen LogP contribution in [0.3, 0.4) is 0 Å². The van der Waals surface area contributed by atoms with Gasteiger partial charge in [-0.3, -0.25) is 14.6 Å². The predicted octanol–water partition coefficient (Wildman–Crippen LogP) is 6.28. The SMILES string of the molecule is CC(C)(C)c1cc(NC(=O)Nc2ccc(-c3cn4c(n3)sc3cc(OCCN5CCOCC5)ccc34)cc2)no1.Cl. The van der Waals surface area contributed by atoms with Gasteiger partial charge in [0, 0.05) is 48.6 Å². The Morgan fingerprint density at radius 3 is 2.59 bits per heavy atom. The Morgan fingerprint density at radius 1 is 1.07 bits per heavy atom. The maximum Gasteiger partial charge on any atom is 0.324 e. The number of halogens is 1. The van der Waals surface area contributed by atoms with Gasteiger partial charge in [0.1, 0.15) is 18.1 Å². The number of rotatable bonds is 7. The Morgan fingerprint density at radius 2 is 1.85 bits per heavy atom. The van der Waals surface area contributed by atoms with Gasteiger partial charge in [0.05, 0.1) is 29.1 Å². The predicted molar refractivity (Wildman–Crippen MR) is 164 cm³/mol. The molecule has 2 aromatic carbocycles. The molecule has 1 fully saturated rings. The van der Waals surface area contributed by atoms with Crippen LogP contribution in [0.2, 0.25) is 0 Å². The smallest absolute Gasteiger partial charge is 0.324 e. The lowest BCUT2D eigenvalue weighted by molar-refractivity contribution is 0.0322. The first-order valence-corrected chi connectivity index (χ1v) is 14.1. The molecule has 1 aliphatic heterocycles. The minimum Gasteiger partial charge on any atom is -0.492 e. The first-order chi connectivity index (χ1) is 19.3. The molecular formula is C29H33ClN6O4S. The van der Waals surface area contributed by atoms with Crippen LogP contribution >= 0.6 is 23.7 Å². The normalized spacial score (nSPS) is 14.2. The maximum atomic E-state index is 12.4. The van der Waals surface area contributed by atoms with Gasteiger partial charge in [0.2, 0.25) is 0 Å². The standard InChI is InChI=1S/C29H32N6O4S.ClH/c1-29(2,3)25-17-26(33-39-25)32-27(36)30-20-6-4-19(5-7-20)22-18-35-23-9-8-21(16-24(23)40-28(35)31-22)38-15-12-34-10-13-37-14-11-34;/h4-9,16-18H,10-15H2,1-3H3,(H2,30,32,33,36);1H. The lowest BCUT2D eigenvalue weighted by atomic mass is 9.93. The van der Waals surface area contributed by atoms with Crippen molar-refractivity contribution in [1.82, 2.24) is 19.4 Å². The molecular weight excluding hydrogens is 564 g/mol. The zero-order chi connectivity index (χ0) is 27.7. The summed E-state index contributed by atoms with van der Waals surface area (Å²) in [6.07, 6.45) is 2.04. The quantitative estimate of drug-likeness (QED) is 0.228. The van der Waals surface area contributed by atoms with Crippen molar-refractivity contribution in [1.29, 1.82) is 0 Å². The number of hydrogen-bond donors (Lipinski definition) is 2. The molecule has 2 N–H and O–H groups in total. The molecule has 12 heteroatoms. The van der Waals surface area contributed by atoms with Crippen molar-refractivity contribution in [2.24, 2.45) is 0 Å². The van der Waals surface area contributed by atoms with E-state index in [9.17, 15) is 4.79 Å². The van der Waals surface area contributed by atoms with Crippen molar-refractivity contribution in [3.8, 4) is 17.0 Å². The second-order valence-corrected chi connectivity index (χ2v) is 11.8. The molecule has 1 aliphatic rings. The summed E-state index contributed by atoms with van der Waals surface area (Å²) in [5.41, 5.74) is 3.40. The second kappa shape index (κ2) is 12.1. The lowest BCUT2D eigenvalue weighted by Crippen LogP contribution is -2.38. The number of thiazole rings is 1. The number of morpholine rings is 1. The molecule has 2 amide bonds. The van der Waals surface area contributed by atoms with Gasteiger partial charge >= 0.3 is 6.03 Å². The third-order valence-electron chi connectivity index (χ3n) is 6.78. The number of aromatic nitrogens is 3. The van der Waals surface area contributed by atoms with E-state index in [-0.39, 0.29) is 23.9 Å². The van der Waals surface area contributed by atoms with Crippen LogP contribution in [0.1, 0.15) is 26.5 Å². The molecule has 0 saturated carbocycles. The van der Waals surface area contributed by atoms with Gasteiger partial charge < -0.3 is 19.3 Å². The fraction of sp³-hybridized carbons (Fsp3) is 0.345. The van der Waals surface area contributed by atoms with E-state index in [0.29, 0.717) is 23.9 Å². The van der Waals surface area contributed by atoms with Gasteiger partial charge in [-0.25, -0.2) is 9.78 Å². The Labute approximate surface area is 248 Å². The third kappa shape index (κ3) is 6.65. The molecule has 0 unspecified atom stereocenters. The highest BCUT2D eigenvalue weighted by Crippen LogP contribution is 2.32. The van der Waals surface area contributed by atoms with Gasteiger partial charge in [-0.15, -0.1) is 12.4 Å². The van der Waals surface area contributed by atoms with E-state index < -0.39 is 0 Å². The molecule has 0 bridgehead atoms. The maximum absolute atomic E-state index is 12.4. The second-order valence-electron chi connectivity index (χ2n) is 10.8. The number of carbonyl (C=O) groups excluding carboxylic acids is 1. The summed E-state index contributed by atoms with van der Waals surface area (Å²) >= 11 is 1.63. The monoisotopic (exact) mass is 596 g/mol. The number of hydrogen-bond acceptors (Lipinski definition) is 8. The summed E-state index contributed by atoms with van der Waals surface area (Å²) in [4.78, 5) is 20.5. The molecule has 216 valence electrons. The van der Waals surface area contributed by atoms with E-state index in [4.69, 9.17) is 19.0 Å². The molecule has 41 heavy (non-hydrogen) atoms. The van der Waals surface area contributed by atoms with Crippen molar-refractivity contribution < 1.29 is 18.8 Å². The molecule has 5 aromatic rings.